The predicted molar refractivity (Wildman–Crippen MR) is 131 cm³/mol. The standard InChI is InChI=1S/C25H25FN4O4S/c1-25(2,3)34-24(33)30-11-15(31)10-20(30)13-4-6-16(17(26)8-13)18-12-29-19-7-5-14(22(27)32)9-21(19)35-23(29)28-18/h4-9,12,15,20,31H,10-11H2,1-3H3,(H2,27,32)/t15-,20-/m1/s1. The van der Waals surface area contributed by atoms with Gasteiger partial charge in [0.25, 0.3) is 0 Å². The molecule has 182 valence electrons. The maximum absolute atomic E-state index is 15.3. The Bertz CT molecular complexity index is 1470. The van der Waals surface area contributed by atoms with E-state index in [0.29, 0.717) is 33.8 Å². The highest BCUT2D eigenvalue weighted by Gasteiger charge is 2.38. The molecule has 0 bridgehead atoms. The second-order valence-corrected chi connectivity index (χ2v) is 10.7. The number of imidazole rings is 1. The number of aromatic nitrogens is 2. The molecular weight excluding hydrogens is 471 g/mol. The van der Waals surface area contributed by atoms with Crippen LogP contribution in [0.15, 0.2) is 42.6 Å². The number of aliphatic hydroxyl groups is 1. The molecule has 3 N–H and O–H groups in total. The monoisotopic (exact) mass is 496 g/mol. The lowest BCUT2D eigenvalue weighted by Gasteiger charge is -2.28. The number of β-amino-alcohol motifs (C(OH)–C–C–N with tert-alkyl or cyclic N) is 1. The SMILES string of the molecule is CC(C)(C)OC(=O)N1C[C@H](O)C[C@@H]1c1ccc(-c2cn3c(n2)sc2cc(C(N)=O)ccc23)c(F)c1. The molecule has 2 atom stereocenters. The molecule has 1 aliphatic heterocycles. The van der Waals surface area contributed by atoms with E-state index >= 15 is 4.39 Å². The molecule has 0 radical (unpaired) electrons. The van der Waals surface area contributed by atoms with Crippen LogP contribution in [-0.4, -0.2) is 49.6 Å². The molecule has 8 nitrogen and oxygen atoms in total. The number of hydrogen-bond donors (Lipinski definition) is 2. The number of carbonyl (C=O) groups is 2. The maximum atomic E-state index is 15.3. The van der Waals surface area contributed by atoms with Crippen LogP contribution in [0.2, 0.25) is 0 Å². The Kier molecular flexibility index (Phi) is 5.52. The molecule has 2 amide bonds. The largest absolute Gasteiger partial charge is 0.444 e. The molecule has 0 spiro atoms. The van der Waals surface area contributed by atoms with Gasteiger partial charge in [-0.2, -0.15) is 0 Å². The van der Waals surface area contributed by atoms with Gasteiger partial charge >= 0.3 is 6.09 Å². The summed E-state index contributed by atoms with van der Waals surface area (Å²) in [4.78, 5) is 30.8. The fourth-order valence-corrected chi connectivity index (χ4v) is 5.43. The molecule has 5 rings (SSSR count). The Morgan fingerprint density at radius 1 is 1.23 bits per heavy atom. The van der Waals surface area contributed by atoms with E-state index in [-0.39, 0.29) is 6.54 Å². The minimum atomic E-state index is -0.710. The van der Waals surface area contributed by atoms with Crippen molar-refractivity contribution in [3.05, 3.63) is 59.5 Å². The third-order valence-electron chi connectivity index (χ3n) is 5.94. The number of thiazole rings is 1. The number of amides is 2. The van der Waals surface area contributed by atoms with Crippen LogP contribution < -0.4 is 5.73 Å². The first-order chi connectivity index (χ1) is 16.5. The van der Waals surface area contributed by atoms with Crippen LogP contribution in [0.5, 0.6) is 0 Å². The highest BCUT2D eigenvalue weighted by atomic mass is 32.1. The van der Waals surface area contributed by atoms with Gasteiger partial charge in [-0.15, -0.1) is 0 Å². The van der Waals surface area contributed by atoms with Gasteiger partial charge in [0.2, 0.25) is 5.91 Å². The summed E-state index contributed by atoms with van der Waals surface area (Å²) in [5.41, 5.74) is 7.33. The second-order valence-electron chi connectivity index (χ2n) is 9.70. The molecule has 0 aliphatic carbocycles. The number of halogens is 1. The average Bonchev–Trinajstić information content (AvgIpc) is 3.44. The third kappa shape index (κ3) is 4.35. The van der Waals surface area contributed by atoms with Crippen LogP contribution in [0.1, 0.15) is 49.2 Å². The lowest BCUT2D eigenvalue weighted by Crippen LogP contribution is -2.37. The molecule has 3 heterocycles. The smallest absolute Gasteiger partial charge is 0.410 e. The van der Waals surface area contributed by atoms with Gasteiger partial charge in [0, 0.05) is 17.3 Å². The molecule has 0 unspecified atom stereocenters. The van der Waals surface area contributed by atoms with Crippen molar-refractivity contribution in [2.75, 3.05) is 6.54 Å². The number of carbonyl (C=O) groups excluding carboxylic acids is 2. The highest BCUT2D eigenvalue weighted by molar-refractivity contribution is 7.23. The minimum Gasteiger partial charge on any atom is -0.444 e. The summed E-state index contributed by atoms with van der Waals surface area (Å²) in [5.74, 6) is -0.972. The topological polar surface area (TPSA) is 110 Å². The van der Waals surface area contributed by atoms with Crippen molar-refractivity contribution in [1.29, 1.82) is 0 Å². The lowest BCUT2D eigenvalue weighted by molar-refractivity contribution is 0.0206. The summed E-state index contributed by atoms with van der Waals surface area (Å²) in [5, 5.41) is 10.2. The Balaban J connectivity index is 1.45. The second kappa shape index (κ2) is 8.31. The van der Waals surface area contributed by atoms with Crippen LogP contribution in [0.3, 0.4) is 0 Å². The van der Waals surface area contributed by atoms with Crippen LogP contribution in [-0.2, 0) is 4.74 Å². The van der Waals surface area contributed by atoms with Gasteiger partial charge in [0.1, 0.15) is 11.4 Å². The molecule has 1 aliphatic rings. The zero-order chi connectivity index (χ0) is 25.1. The number of benzene rings is 2. The van der Waals surface area contributed by atoms with E-state index in [1.807, 2.05) is 4.40 Å². The van der Waals surface area contributed by atoms with Gasteiger partial charge < -0.3 is 15.6 Å². The molecule has 35 heavy (non-hydrogen) atoms. The van der Waals surface area contributed by atoms with Gasteiger partial charge in [-0.1, -0.05) is 17.4 Å². The van der Waals surface area contributed by atoms with Gasteiger partial charge in [-0.25, -0.2) is 14.2 Å². The fourth-order valence-electron chi connectivity index (χ4n) is 4.38. The Labute approximate surface area is 204 Å². The third-order valence-corrected chi connectivity index (χ3v) is 6.96. The van der Waals surface area contributed by atoms with E-state index in [0.717, 1.165) is 10.2 Å². The van der Waals surface area contributed by atoms with E-state index in [9.17, 15) is 14.7 Å². The number of ether oxygens (including phenoxy) is 1. The Morgan fingerprint density at radius 3 is 2.69 bits per heavy atom. The van der Waals surface area contributed by atoms with Crippen molar-refractivity contribution >= 4 is 38.5 Å². The number of aliphatic hydroxyl groups excluding tert-OH is 1. The van der Waals surface area contributed by atoms with Crippen molar-refractivity contribution in [3.8, 4) is 11.3 Å². The van der Waals surface area contributed by atoms with Crippen LogP contribution in [0, 0.1) is 5.82 Å². The van der Waals surface area contributed by atoms with E-state index in [1.165, 1.54) is 22.3 Å². The molecular formula is C25H25FN4O4S. The van der Waals surface area contributed by atoms with E-state index in [2.05, 4.69) is 4.98 Å². The summed E-state index contributed by atoms with van der Waals surface area (Å²) in [7, 11) is 0. The van der Waals surface area contributed by atoms with Crippen molar-refractivity contribution in [2.45, 2.75) is 44.9 Å². The van der Waals surface area contributed by atoms with Gasteiger partial charge in [-0.05, 0) is 63.1 Å². The van der Waals surface area contributed by atoms with E-state index in [1.54, 1.807) is 57.3 Å². The summed E-state index contributed by atoms with van der Waals surface area (Å²) in [6, 6.07) is 9.46. The average molecular weight is 497 g/mol. The number of likely N-dealkylation sites (tertiary alicyclic amines) is 1. The molecule has 0 saturated carbocycles. The number of nitrogens with two attached hydrogens (primary N) is 1. The number of fused-ring (bicyclic) bond motifs is 3. The Hall–Kier alpha value is -3.50. The summed E-state index contributed by atoms with van der Waals surface area (Å²) < 4.78 is 23.5. The first-order valence-corrected chi connectivity index (χ1v) is 12.0. The van der Waals surface area contributed by atoms with Crippen molar-refractivity contribution < 1.29 is 23.8 Å². The van der Waals surface area contributed by atoms with Crippen molar-refractivity contribution in [1.82, 2.24) is 14.3 Å². The molecule has 4 aromatic rings. The fraction of sp³-hybridized carbons (Fsp3) is 0.320. The molecule has 10 heteroatoms. The van der Waals surface area contributed by atoms with Crippen LogP contribution in [0.4, 0.5) is 9.18 Å². The number of hydrogen-bond acceptors (Lipinski definition) is 6. The van der Waals surface area contributed by atoms with Gasteiger partial charge in [-0.3, -0.25) is 14.1 Å². The normalized spacial score (nSPS) is 18.5. The first-order valence-electron chi connectivity index (χ1n) is 11.2. The quantitative estimate of drug-likeness (QED) is 0.434. The van der Waals surface area contributed by atoms with Gasteiger partial charge in [0.05, 0.1) is 34.6 Å². The maximum Gasteiger partial charge on any atom is 0.410 e. The van der Waals surface area contributed by atoms with Crippen molar-refractivity contribution in [3.63, 3.8) is 0 Å². The number of rotatable bonds is 3. The highest BCUT2D eigenvalue weighted by Crippen LogP contribution is 2.36. The summed E-state index contributed by atoms with van der Waals surface area (Å²) >= 11 is 1.38. The van der Waals surface area contributed by atoms with Crippen molar-refractivity contribution in [2.24, 2.45) is 5.73 Å². The first kappa shape index (κ1) is 23.3. The summed E-state index contributed by atoms with van der Waals surface area (Å²) in [6.45, 7) is 5.45. The predicted octanol–water partition coefficient (Wildman–Crippen LogP) is 4.50. The van der Waals surface area contributed by atoms with E-state index < -0.39 is 35.6 Å². The summed E-state index contributed by atoms with van der Waals surface area (Å²) in [6.07, 6.45) is 0.808. The zero-order valence-electron chi connectivity index (χ0n) is 19.5. The molecule has 1 saturated heterocycles. The van der Waals surface area contributed by atoms with E-state index in [4.69, 9.17) is 10.5 Å². The lowest BCUT2D eigenvalue weighted by atomic mass is 10.0. The molecule has 2 aromatic heterocycles. The van der Waals surface area contributed by atoms with Gasteiger partial charge in [0.15, 0.2) is 4.96 Å². The molecule has 2 aromatic carbocycles. The Morgan fingerprint density at radius 2 is 2.00 bits per heavy atom. The van der Waals surface area contributed by atoms with Crippen LogP contribution >= 0.6 is 11.3 Å². The molecule has 1 fully saturated rings. The minimum absolute atomic E-state index is 0.130. The number of nitrogens with zero attached hydrogens (tertiary/aromatic N) is 3. The number of primary amides is 1. The van der Waals surface area contributed by atoms with Crippen LogP contribution in [0.25, 0.3) is 26.4 Å². The zero-order valence-corrected chi connectivity index (χ0v) is 20.3.